The van der Waals surface area contributed by atoms with Crippen LogP contribution in [0.15, 0.2) is 42.5 Å². The molecule has 2 fully saturated rings. The number of hydrogen-bond acceptors (Lipinski definition) is 5. The molecule has 0 saturated carbocycles. The zero-order valence-electron chi connectivity index (χ0n) is 13.3. The average molecular weight is 305 g/mol. The Bertz CT molecular complexity index is 531. The Hall–Kier alpha value is -1.24. The Balaban J connectivity index is 1.79. The van der Waals surface area contributed by atoms with Crippen molar-refractivity contribution in [1.82, 2.24) is 5.06 Å². The lowest BCUT2D eigenvalue weighted by Gasteiger charge is -2.27. The number of ether oxygens (including phenoxy) is 3. The molecule has 3 atom stereocenters. The van der Waals surface area contributed by atoms with Crippen LogP contribution in [0.25, 0.3) is 0 Å². The van der Waals surface area contributed by atoms with Gasteiger partial charge in [0, 0.05) is 12.7 Å². The van der Waals surface area contributed by atoms with Crippen molar-refractivity contribution in [1.29, 1.82) is 0 Å². The third-order valence-electron chi connectivity index (χ3n) is 4.00. The first-order valence-electron chi connectivity index (χ1n) is 7.51. The number of hydrogen-bond donors (Lipinski definition) is 0. The molecular weight excluding hydrogens is 282 g/mol. The van der Waals surface area contributed by atoms with Crippen LogP contribution in [0.3, 0.4) is 0 Å². The Morgan fingerprint density at radius 3 is 2.64 bits per heavy atom. The molecule has 0 radical (unpaired) electrons. The van der Waals surface area contributed by atoms with Crippen LogP contribution >= 0.6 is 0 Å². The van der Waals surface area contributed by atoms with E-state index in [1.54, 1.807) is 7.11 Å². The molecule has 0 spiro atoms. The maximum absolute atomic E-state index is 6.00. The number of rotatable bonds is 4. The summed E-state index contributed by atoms with van der Waals surface area (Å²) in [6, 6.07) is 10.1. The van der Waals surface area contributed by atoms with Gasteiger partial charge in [-0.2, -0.15) is 5.06 Å². The lowest BCUT2D eigenvalue weighted by Crippen LogP contribution is -2.41. The predicted octanol–water partition coefficient (Wildman–Crippen LogP) is 2.48. The molecule has 0 bridgehead atoms. The summed E-state index contributed by atoms with van der Waals surface area (Å²) in [5, 5.41) is 1.89. The Morgan fingerprint density at radius 2 is 2.05 bits per heavy atom. The maximum Gasteiger partial charge on any atom is 0.200 e. The fraction of sp³-hybridized carbons (Fsp3) is 0.529. The van der Waals surface area contributed by atoms with Crippen molar-refractivity contribution in [2.45, 2.75) is 44.6 Å². The summed E-state index contributed by atoms with van der Waals surface area (Å²) in [6.45, 7) is 9.14. The van der Waals surface area contributed by atoms with E-state index in [0.29, 0.717) is 13.2 Å². The minimum absolute atomic E-state index is 0.0908. The molecule has 2 aliphatic heterocycles. The number of methoxy groups -OCH3 is 1. The first kappa shape index (κ1) is 15.6. The predicted molar refractivity (Wildman–Crippen MR) is 81.7 cm³/mol. The Morgan fingerprint density at radius 1 is 1.32 bits per heavy atom. The van der Waals surface area contributed by atoms with Gasteiger partial charge in [0.25, 0.3) is 0 Å². The third kappa shape index (κ3) is 3.09. The molecule has 1 aromatic carbocycles. The molecule has 0 amide bonds. The van der Waals surface area contributed by atoms with Crippen LogP contribution in [0.5, 0.6) is 0 Å². The molecule has 5 heteroatoms. The number of benzene rings is 1. The quantitative estimate of drug-likeness (QED) is 0.799. The van der Waals surface area contributed by atoms with Gasteiger partial charge < -0.3 is 14.2 Å². The molecule has 0 N–H and O–H groups in total. The van der Waals surface area contributed by atoms with E-state index in [1.165, 1.54) is 0 Å². The van der Waals surface area contributed by atoms with Gasteiger partial charge in [-0.3, -0.25) is 4.84 Å². The molecule has 0 aromatic heterocycles. The molecule has 0 aliphatic carbocycles. The normalized spacial score (nSPS) is 31.8. The molecule has 2 aliphatic rings. The molecule has 0 unspecified atom stereocenters. The van der Waals surface area contributed by atoms with Crippen LogP contribution in [0.2, 0.25) is 0 Å². The Kier molecular flexibility index (Phi) is 4.34. The van der Waals surface area contributed by atoms with E-state index < -0.39 is 12.1 Å². The van der Waals surface area contributed by atoms with E-state index in [1.807, 2.05) is 37.1 Å². The van der Waals surface area contributed by atoms with Gasteiger partial charge in [0.15, 0.2) is 5.79 Å². The SMILES string of the molecule is C=C1[C@@H](OC)ON(Cc2ccccc2)[C@H]1[C@H]1COC(C)(C)O1. The van der Waals surface area contributed by atoms with Crippen molar-refractivity contribution in [3.63, 3.8) is 0 Å². The van der Waals surface area contributed by atoms with Crippen LogP contribution in [-0.4, -0.2) is 43.0 Å². The lowest BCUT2D eigenvalue weighted by molar-refractivity contribution is -0.243. The van der Waals surface area contributed by atoms with E-state index in [9.17, 15) is 0 Å². The second-order valence-electron chi connectivity index (χ2n) is 6.12. The van der Waals surface area contributed by atoms with Crippen molar-refractivity contribution in [3.05, 3.63) is 48.0 Å². The van der Waals surface area contributed by atoms with Crippen LogP contribution in [0.4, 0.5) is 0 Å². The van der Waals surface area contributed by atoms with E-state index in [0.717, 1.165) is 11.1 Å². The van der Waals surface area contributed by atoms with Crippen molar-refractivity contribution in [3.8, 4) is 0 Å². The van der Waals surface area contributed by atoms with E-state index in [4.69, 9.17) is 19.0 Å². The van der Waals surface area contributed by atoms with Gasteiger partial charge in [-0.25, -0.2) is 0 Å². The third-order valence-corrected chi connectivity index (χ3v) is 4.00. The van der Waals surface area contributed by atoms with Crippen molar-refractivity contribution >= 4 is 0 Å². The summed E-state index contributed by atoms with van der Waals surface area (Å²) in [7, 11) is 1.62. The topological polar surface area (TPSA) is 40.2 Å². The van der Waals surface area contributed by atoms with Crippen molar-refractivity contribution in [2.75, 3.05) is 13.7 Å². The fourth-order valence-corrected chi connectivity index (χ4v) is 2.97. The van der Waals surface area contributed by atoms with Crippen molar-refractivity contribution < 1.29 is 19.0 Å². The fourth-order valence-electron chi connectivity index (χ4n) is 2.97. The first-order chi connectivity index (χ1) is 10.5. The standard InChI is InChI=1S/C17H23NO4/c1-12-15(14-11-20-17(2,3)21-14)18(22-16(12)19-4)10-13-8-6-5-7-9-13/h5-9,14-16H,1,10-11H2,2-4H3/t14-,15-,16+/m1/s1. The van der Waals surface area contributed by atoms with Gasteiger partial charge in [-0.05, 0) is 19.4 Å². The molecular formula is C17H23NO4. The summed E-state index contributed by atoms with van der Waals surface area (Å²) in [5.74, 6) is -0.575. The highest BCUT2D eigenvalue weighted by Gasteiger charge is 2.47. The number of hydroxylamine groups is 2. The highest BCUT2D eigenvalue weighted by atomic mass is 16.8. The summed E-state index contributed by atoms with van der Waals surface area (Å²) in [6.07, 6.45) is -0.563. The van der Waals surface area contributed by atoms with Gasteiger partial charge in [0.1, 0.15) is 6.10 Å². The average Bonchev–Trinajstić information content (AvgIpc) is 2.99. The van der Waals surface area contributed by atoms with Gasteiger partial charge in [0.05, 0.1) is 19.2 Å². The summed E-state index contributed by atoms with van der Waals surface area (Å²) in [5.41, 5.74) is 2.03. The minimum atomic E-state index is -0.575. The van der Waals surface area contributed by atoms with Gasteiger partial charge in [-0.1, -0.05) is 36.9 Å². The molecule has 1 aromatic rings. The Labute approximate surface area is 131 Å². The highest BCUT2D eigenvalue weighted by molar-refractivity contribution is 5.19. The summed E-state index contributed by atoms with van der Waals surface area (Å²) >= 11 is 0. The summed E-state index contributed by atoms with van der Waals surface area (Å²) in [4.78, 5) is 5.90. The zero-order valence-corrected chi connectivity index (χ0v) is 13.3. The molecule has 120 valence electrons. The second-order valence-corrected chi connectivity index (χ2v) is 6.12. The zero-order chi connectivity index (χ0) is 15.7. The monoisotopic (exact) mass is 305 g/mol. The van der Waals surface area contributed by atoms with Crippen LogP contribution in [0, 0.1) is 0 Å². The van der Waals surface area contributed by atoms with Crippen LogP contribution < -0.4 is 0 Å². The van der Waals surface area contributed by atoms with E-state index in [-0.39, 0.29) is 12.1 Å². The van der Waals surface area contributed by atoms with E-state index >= 15 is 0 Å². The largest absolute Gasteiger partial charge is 0.351 e. The lowest BCUT2D eigenvalue weighted by atomic mass is 10.0. The maximum atomic E-state index is 6.00. The van der Waals surface area contributed by atoms with Crippen LogP contribution in [-0.2, 0) is 25.6 Å². The van der Waals surface area contributed by atoms with Crippen molar-refractivity contribution in [2.24, 2.45) is 0 Å². The molecule has 5 nitrogen and oxygen atoms in total. The van der Waals surface area contributed by atoms with E-state index in [2.05, 4.69) is 18.7 Å². The minimum Gasteiger partial charge on any atom is -0.351 e. The molecule has 22 heavy (non-hydrogen) atoms. The van der Waals surface area contributed by atoms with Crippen LogP contribution in [0.1, 0.15) is 19.4 Å². The van der Waals surface area contributed by atoms with Gasteiger partial charge in [0.2, 0.25) is 6.29 Å². The highest BCUT2D eigenvalue weighted by Crippen LogP contribution is 2.35. The van der Waals surface area contributed by atoms with Gasteiger partial charge >= 0.3 is 0 Å². The van der Waals surface area contributed by atoms with Gasteiger partial charge in [-0.15, -0.1) is 0 Å². The smallest absolute Gasteiger partial charge is 0.200 e. The molecule has 3 rings (SSSR count). The molecule has 2 heterocycles. The first-order valence-corrected chi connectivity index (χ1v) is 7.51. The molecule has 2 saturated heterocycles. The summed E-state index contributed by atoms with van der Waals surface area (Å²) < 4.78 is 17.1. The second kappa shape index (κ2) is 6.10. The number of nitrogens with zero attached hydrogens (tertiary/aromatic N) is 1.